The van der Waals surface area contributed by atoms with Crippen molar-refractivity contribution < 1.29 is 15.3 Å². The lowest BCUT2D eigenvalue weighted by Gasteiger charge is -2.42. The molecule has 0 aliphatic heterocycles. The van der Waals surface area contributed by atoms with Gasteiger partial charge in [0.05, 0.1) is 17.3 Å². The van der Waals surface area contributed by atoms with Crippen LogP contribution >= 0.6 is 0 Å². The summed E-state index contributed by atoms with van der Waals surface area (Å²) in [6.07, 6.45) is 1.10. The molecule has 0 spiro atoms. The zero-order valence-corrected chi connectivity index (χ0v) is 8.62. The van der Waals surface area contributed by atoms with Crippen molar-refractivity contribution in [1.29, 1.82) is 0 Å². The zero-order chi connectivity index (χ0) is 10.3. The average molecular weight is 188 g/mol. The second-order valence-electron chi connectivity index (χ2n) is 5.00. The largest absolute Gasteiger partial charge is 0.390 e. The molecule has 3 N–H and O–H groups in total. The Hall–Kier alpha value is -0.120. The molecule has 0 saturated heterocycles. The number of aliphatic hydroxyl groups excluding tert-OH is 1. The van der Waals surface area contributed by atoms with Crippen molar-refractivity contribution in [1.82, 2.24) is 0 Å². The quantitative estimate of drug-likeness (QED) is 0.567. The highest BCUT2D eigenvalue weighted by molar-refractivity contribution is 4.93. The molecule has 0 bridgehead atoms. The van der Waals surface area contributed by atoms with E-state index in [4.69, 9.17) is 0 Å². The summed E-state index contributed by atoms with van der Waals surface area (Å²) in [6, 6.07) is 0. The molecule has 0 unspecified atom stereocenters. The van der Waals surface area contributed by atoms with Crippen molar-refractivity contribution in [3.8, 4) is 0 Å². The Balaban J connectivity index is 2.61. The first kappa shape index (κ1) is 11.0. The van der Waals surface area contributed by atoms with E-state index in [1.807, 2.05) is 0 Å². The van der Waals surface area contributed by atoms with E-state index in [1.165, 1.54) is 0 Å². The number of hydrogen-bond acceptors (Lipinski definition) is 3. The summed E-state index contributed by atoms with van der Waals surface area (Å²) in [6.45, 7) is 5.16. The number of aliphatic hydroxyl groups is 3. The molecule has 1 saturated carbocycles. The molecular formula is C10H20O3. The van der Waals surface area contributed by atoms with Crippen LogP contribution in [0.2, 0.25) is 0 Å². The Morgan fingerprint density at radius 2 is 1.92 bits per heavy atom. The van der Waals surface area contributed by atoms with Crippen molar-refractivity contribution in [2.75, 3.05) is 0 Å². The summed E-state index contributed by atoms with van der Waals surface area (Å²) in [7, 11) is 0. The minimum Gasteiger partial charge on any atom is -0.390 e. The van der Waals surface area contributed by atoms with Gasteiger partial charge in [-0.25, -0.2) is 0 Å². The van der Waals surface area contributed by atoms with Gasteiger partial charge in [0.2, 0.25) is 0 Å². The Morgan fingerprint density at radius 1 is 1.38 bits per heavy atom. The average Bonchev–Trinajstić information content (AvgIpc) is 1.92. The summed E-state index contributed by atoms with van der Waals surface area (Å²) in [5, 5.41) is 29.0. The fraction of sp³-hybridized carbons (Fsp3) is 1.00. The number of rotatable bonds is 1. The smallest absolute Gasteiger partial charge is 0.0877 e. The third-order valence-corrected chi connectivity index (χ3v) is 3.22. The van der Waals surface area contributed by atoms with E-state index in [2.05, 4.69) is 0 Å². The standard InChI is InChI=1S/C10H20O3/c1-9(2,12)7-4-5-10(3,13)8(11)6-7/h7-8,11-13H,4-6H2,1-3H3/t7-,8-,10+/m1/s1. The van der Waals surface area contributed by atoms with Gasteiger partial charge in [-0.3, -0.25) is 0 Å². The summed E-state index contributed by atoms with van der Waals surface area (Å²) >= 11 is 0. The van der Waals surface area contributed by atoms with Crippen molar-refractivity contribution in [3.63, 3.8) is 0 Å². The molecule has 3 heteroatoms. The van der Waals surface area contributed by atoms with Gasteiger partial charge in [-0.05, 0) is 46.0 Å². The van der Waals surface area contributed by atoms with E-state index in [1.54, 1.807) is 20.8 Å². The Labute approximate surface area is 79.4 Å². The predicted molar refractivity (Wildman–Crippen MR) is 50.3 cm³/mol. The lowest BCUT2D eigenvalue weighted by molar-refractivity contribution is -0.126. The highest BCUT2D eigenvalue weighted by atomic mass is 16.3. The highest BCUT2D eigenvalue weighted by Crippen LogP contribution is 2.37. The fourth-order valence-corrected chi connectivity index (χ4v) is 1.92. The first-order valence-corrected chi connectivity index (χ1v) is 4.86. The zero-order valence-electron chi connectivity index (χ0n) is 8.62. The van der Waals surface area contributed by atoms with Gasteiger partial charge in [0.25, 0.3) is 0 Å². The molecule has 0 aromatic heterocycles. The Bertz CT molecular complexity index is 181. The lowest BCUT2D eigenvalue weighted by atomic mass is 9.72. The van der Waals surface area contributed by atoms with Crippen LogP contribution in [0.3, 0.4) is 0 Å². The van der Waals surface area contributed by atoms with E-state index >= 15 is 0 Å². The molecule has 1 aliphatic rings. The fourth-order valence-electron chi connectivity index (χ4n) is 1.92. The van der Waals surface area contributed by atoms with Crippen molar-refractivity contribution >= 4 is 0 Å². The van der Waals surface area contributed by atoms with Crippen LogP contribution in [0.4, 0.5) is 0 Å². The highest BCUT2D eigenvalue weighted by Gasteiger charge is 2.41. The molecule has 1 aliphatic carbocycles. The Kier molecular flexibility index (Phi) is 2.72. The molecule has 3 atom stereocenters. The molecular weight excluding hydrogens is 168 g/mol. The summed E-state index contributed by atoms with van der Waals surface area (Å²) < 4.78 is 0. The molecule has 0 aromatic rings. The van der Waals surface area contributed by atoms with Crippen molar-refractivity contribution in [2.24, 2.45) is 5.92 Å². The molecule has 1 rings (SSSR count). The third kappa shape index (κ3) is 2.42. The van der Waals surface area contributed by atoms with E-state index in [0.717, 1.165) is 6.42 Å². The van der Waals surface area contributed by atoms with Gasteiger partial charge in [-0.1, -0.05) is 0 Å². The van der Waals surface area contributed by atoms with E-state index in [9.17, 15) is 15.3 Å². The van der Waals surface area contributed by atoms with Crippen molar-refractivity contribution in [2.45, 2.75) is 57.3 Å². The summed E-state index contributed by atoms with van der Waals surface area (Å²) in [5.74, 6) is 0.0859. The van der Waals surface area contributed by atoms with Crippen LogP contribution in [0.1, 0.15) is 40.0 Å². The second-order valence-corrected chi connectivity index (χ2v) is 5.00. The minimum absolute atomic E-state index is 0.0859. The Morgan fingerprint density at radius 3 is 2.31 bits per heavy atom. The molecule has 78 valence electrons. The minimum atomic E-state index is -0.970. The molecule has 1 fully saturated rings. The van der Waals surface area contributed by atoms with Crippen LogP contribution in [-0.2, 0) is 0 Å². The second kappa shape index (κ2) is 3.23. The van der Waals surface area contributed by atoms with Gasteiger partial charge in [-0.15, -0.1) is 0 Å². The van der Waals surface area contributed by atoms with E-state index < -0.39 is 17.3 Å². The molecule has 13 heavy (non-hydrogen) atoms. The van der Waals surface area contributed by atoms with Gasteiger partial charge >= 0.3 is 0 Å². The topological polar surface area (TPSA) is 60.7 Å². The van der Waals surface area contributed by atoms with Crippen LogP contribution in [0.5, 0.6) is 0 Å². The van der Waals surface area contributed by atoms with Crippen LogP contribution in [0.15, 0.2) is 0 Å². The molecule has 0 amide bonds. The predicted octanol–water partition coefficient (Wildman–Crippen LogP) is 0.669. The van der Waals surface area contributed by atoms with Crippen molar-refractivity contribution in [3.05, 3.63) is 0 Å². The monoisotopic (exact) mass is 188 g/mol. The van der Waals surface area contributed by atoms with Crippen LogP contribution in [0, 0.1) is 5.92 Å². The van der Waals surface area contributed by atoms with Gasteiger partial charge in [0, 0.05) is 0 Å². The van der Waals surface area contributed by atoms with Gasteiger partial charge in [-0.2, -0.15) is 0 Å². The SMILES string of the molecule is CC(C)(O)[C@@H]1CC[C@](C)(O)[C@H](O)C1. The van der Waals surface area contributed by atoms with E-state index in [0.29, 0.717) is 12.8 Å². The summed E-state index contributed by atoms with van der Waals surface area (Å²) in [5.41, 5.74) is -1.72. The van der Waals surface area contributed by atoms with Crippen LogP contribution in [-0.4, -0.2) is 32.6 Å². The molecule has 0 aromatic carbocycles. The normalized spacial score (nSPS) is 42.0. The summed E-state index contributed by atoms with van der Waals surface area (Å²) in [4.78, 5) is 0. The first-order chi connectivity index (χ1) is 5.73. The first-order valence-electron chi connectivity index (χ1n) is 4.86. The molecule has 0 heterocycles. The third-order valence-electron chi connectivity index (χ3n) is 3.22. The van der Waals surface area contributed by atoms with Crippen LogP contribution in [0.25, 0.3) is 0 Å². The maximum absolute atomic E-state index is 9.74. The molecule has 3 nitrogen and oxygen atoms in total. The van der Waals surface area contributed by atoms with Gasteiger partial charge < -0.3 is 15.3 Å². The molecule has 0 radical (unpaired) electrons. The maximum atomic E-state index is 9.74. The maximum Gasteiger partial charge on any atom is 0.0877 e. The van der Waals surface area contributed by atoms with Gasteiger partial charge in [0.15, 0.2) is 0 Å². The lowest BCUT2D eigenvalue weighted by Crippen LogP contribution is -2.48. The van der Waals surface area contributed by atoms with Gasteiger partial charge in [0.1, 0.15) is 0 Å². The van der Waals surface area contributed by atoms with E-state index in [-0.39, 0.29) is 5.92 Å². The van der Waals surface area contributed by atoms with Crippen LogP contribution < -0.4 is 0 Å². The number of hydrogen-bond donors (Lipinski definition) is 3.